The van der Waals surface area contributed by atoms with Crippen molar-refractivity contribution in [2.24, 2.45) is 0 Å². The Morgan fingerprint density at radius 3 is 2.43 bits per heavy atom. The van der Waals surface area contributed by atoms with Crippen LogP contribution in [0, 0.1) is 17.0 Å². The summed E-state index contributed by atoms with van der Waals surface area (Å²) in [5.41, 5.74) is 0.714. The molecule has 7 heteroatoms. The fourth-order valence-corrected chi connectivity index (χ4v) is 3.19. The molecule has 150 valence electrons. The van der Waals surface area contributed by atoms with Crippen LogP contribution in [0.1, 0.15) is 11.1 Å². The highest BCUT2D eigenvalue weighted by atomic mass is 16.6. The number of fused-ring (bicyclic) bond motifs is 1. The lowest BCUT2D eigenvalue weighted by Gasteiger charge is -2.09. The zero-order valence-electron chi connectivity index (χ0n) is 16.0. The van der Waals surface area contributed by atoms with E-state index in [4.69, 9.17) is 9.15 Å². The third kappa shape index (κ3) is 3.60. The van der Waals surface area contributed by atoms with E-state index in [1.165, 1.54) is 12.1 Å². The Kier molecular flexibility index (Phi) is 4.93. The minimum absolute atomic E-state index is 0.0363. The first-order valence-electron chi connectivity index (χ1n) is 9.16. The van der Waals surface area contributed by atoms with Crippen LogP contribution in [0.25, 0.3) is 22.3 Å². The first kappa shape index (κ1) is 19.2. The Balaban J connectivity index is 1.71. The molecule has 1 heterocycles. The third-order valence-electron chi connectivity index (χ3n) is 4.65. The number of ether oxygens (including phenoxy) is 1. The number of aromatic hydroxyl groups is 1. The van der Waals surface area contributed by atoms with Gasteiger partial charge in [0, 0.05) is 11.6 Å². The molecule has 0 saturated carbocycles. The molecule has 0 spiro atoms. The first-order valence-corrected chi connectivity index (χ1v) is 9.16. The monoisotopic (exact) mass is 403 g/mol. The molecule has 1 N–H and O–H groups in total. The van der Waals surface area contributed by atoms with Gasteiger partial charge in [-0.05, 0) is 48.4 Å². The highest BCUT2D eigenvalue weighted by molar-refractivity contribution is 5.89. The smallest absolute Gasteiger partial charge is 0.312 e. The number of non-ortho nitro benzene ring substituents is 1. The van der Waals surface area contributed by atoms with Gasteiger partial charge in [0.2, 0.25) is 16.8 Å². The predicted molar refractivity (Wildman–Crippen MR) is 112 cm³/mol. The fraction of sp³-hybridized carbons (Fsp3) is 0.0870. The standard InChI is InChI=1S/C23H17NO6/c1-14-11-18-20(25)21(26)22(30-23(18)19(12-14)24(27)28)16-7-9-17(10-8-16)29-13-15-5-3-2-4-6-15/h2-12,26H,13H2,1H3. The van der Waals surface area contributed by atoms with Crippen molar-refractivity contribution in [2.75, 3.05) is 0 Å². The van der Waals surface area contributed by atoms with Gasteiger partial charge in [0.1, 0.15) is 12.4 Å². The van der Waals surface area contributed by atoms with Crippen molar-refractivity contribution in [1.29, 1.82) is 0 Å². The number of hydrogen-bond donors (Lipinski definition) is 1. The van der Waals surface area contributed by atoms with Gasteiger partial charge in [0.25, 0.3) is 0 Å². The van der Waals surface area contributed by atoms with E-state index >= 15 is 0 Å². The van der Waals surface area contributed by atoms with Crippen molar-refractivity contribution < 1.29 is 19.2 Å². The van der Waals surface area contributed by atoms with E-state index in [9.17, 15) is 20.0 Å². The van der Waals surface area contributed by atoms with Crippen molar-refractivity contribution in [3.8, 4) is 22.8 Å². The Labute approximate surface area is 170 Å². The van der Waals surface area contributed by atoms with E-state index in [0.29, 0.717) is 23.5 Å². The van der Waals surface area contributed by atoms with Gasteiger partial charge in [-0.2, -0.15) is 0 Å². The molecule has 0 aliphatic rings. The zero-order valence-corrected chi connectivity index (χ0v) is 16.0. The Hall–Kier alpha value is -4.13. The normalized spacial score (nSPS) is 10.8. The van der Waals surface area contributed by atoms with Gasteiger partial charge in [-0.1, -0.05) is 30.3 Å². The average Bonchev–Trinajstić information content (AvgIpc) is 2.76. The third-order valence-corrected chi connectivity index (χ3v) is 4.65. The fourth-order valence-electron chi connectivity index (χ4n) is 3.19. The first-order chi connectivity index (χ1) is 14.4. The van der Waals surface area contributed by atoms with E-state index in [0.717, 1.165) is 5.56 Å². The lowest BCUT2D eigenvalue weighted by Crippen LogP contribution is -2.05. The molecule has 7 nitrogen and oxygen atoms in total. The lowest BCUT2D eigenvalue weighted by molar-refractivity contribution is -0.383. The van der Waals surface area contributed by atoms with Gasteiger partial charge < -0.3 is 14.3 Å². The van der Waals surface area contributed by atoms with E-state index in [-0.39, 0.29) is 22.4 Å². The maximum Gasteiger partial charge on any atom is 0.312 e. The molecule has 0 radical (unpaired) electrons. The van der Waals surface area contributed by atoms with Crippen molar-refractivity contribution in [2.45, 2.75) is 13.5 Å². The van der Waals surface area contributed by atoms with Crippen molar-refractivity contribution in [1.82, 2.24) is 0 Å². The van der Waals surface area contributed by atoms with Gasteiger partial charge in [-0.15, -0.1) is 0 Å². The van der Waals surface area contributed by atoms with Crippen LogP contribution in [0.15, 0.2) is 75.9 Å². The summed E-state index contributed by atoms with van der Waals surface area (Å²) in [5, 5.41) is 21.8. The van der Waals surface area contributed by atoms with Crippen molar-refractivity contribution >= 4 is 16.7 Å². The topological polar surface area (TPSA) is 103 Å². The second-order valence-electron chi connectivity index (χ2n) is 6.83. The SMILES string of the molecule is Cc1cc([N+](=O)[O-])c2oc(-c3ccc(OCc4ccccc4)cc3)c(O)c(=O)c2c1. The van der Waals surface area contributed by atoms with Crippen LogP contribution in [-0.2, 0) is 6.61 Å². The van der Waals surface area contributed by atoms with Crippen LogP contribution in [0.3, 0.4) is 0 Å². The molecule has 0 fully saturated rings. The van der Waals surface area contributed by atoms with Gasteiger partial charge in [0.15, 0.2) is 5.76 Å². The maximum absolute atomic E-state index is 12.6. The minimum atomic E-state index is -0.720. The van der Waals surface area contributed by atoms with Crippen LogP contribution in [-0.4, -0.2) is 10.0 Å². The van der Waals surface area contributed by atoms with Crippen LogP contribution in [0.4, 0.5) is 5.69 Å². The number of nitrogens with zero attached hydrogens (tertiary/aromatic N) is 1. The lowest BCUT2D eigenvalue weighted by atomic mass is 10.1. The maximum atomic E-state index is 12.6. The quantitative estimate of drug-likeness (QED) is 0.373. The number of rotatable bonds is 5. The molecule has 0 unspecified atom stereocenters. The molecule has 4 aromatic rings. The zero-order chi connectivity index (χ0) is 21.3. The molecule has 1 aromatic heterocycles. The molecule has 0 amide bonds. The molecular weight excluding hydrogens is 386 g/mol. The number of nitro groups is 1. The molecule has 0 aliphatic heterocycles. The second-order valence-corrected chi connectivity index (χ2v) is 6.83. The van der Waals surface area contributed by atoms with Gasteiger partial charge in [0.05, 0.1) is 10.3 Å². The van der Waals surface area contributed by atoms with Crippen LogP contribution >= 0.6 is 0 Å². The summed E-state index contributed by atoms with van der Waals surface area (Å²) < 4.78 is 11.4. The second kappa shape index (κ2) is 7.71. The summed E-state index contributed by atoms with van der Waals surface area (Å²) in [7, 11) is 0. The Morgan fingerprint density at radius 1 is 1.07 bits per heavy atom. The molecule has 4 rings (SSSR count). The highest BCUT2D eigenvalue weighted by Gasteiger charge is 2.22. The molecule has 30 heavy (non-hydrogen) atoms. The highest BCUT2D eigenvalue weighted by Crippen LogP contribution is 2.35. The number of aryl methyl sites for hydroxylation is 1. The van der Waals surface area contributed by atoms with E-state index in [2.05, 4.69) is 0 Å². The molecule has 0 bridgehead atoms. The molecule has 0 saturated heterocycles. The molecule has 0 aliphatic carbocycles. The number of nitro benzene ring substituents is 1. The van der Waals surface area contributed by atoms with Gasteiger partial charge >= 0.3 is 5.69 Å². The Morgan fingerprint density at radius 2 is 1.77 bits per heavy atom. The summed E-state index contributed by atoms with van der Waals surface area (Å²) in [6, 6.07) is 19.0. The summed E-state index contributed by atoms with van der Waals surface area (Å²) in [5.74, 6) is -0.138. The van der Waals surface area contributed by atoms with Crippen LogP contribution in [0.2, 0.25) is 0 Å². The average molecular weight is 403 g/mol. The van der Waals surface area contributed by atoms with Crippen LogP contribution in [0.5, 0.6) is 11.5 Å². The van der Waals surface area contributed by atoms with Gasteiger partial charge in [-0.25, -0.2) is 0 Å². The van der Waals surface area contributed by atoms with Gasteiger partial charge in [-0.3, -0.25) is 14.9 Å². The summed E-state index contributed by atoms with van der Waals surface area (Å²) in [4.78, 5) is 23.4. The minimum Gasteiger partial charge on any atom is -0.502 e. The van der Waals surface area contributed by atoms with Crippen LogP contribution < -0.4 is 10.2 Å². The van der Waals surface area contributed by atoms with Crippen molar-refractivity contribution in [3.05, 3.63) is 98.2 Å². The number of hydrogen-bond acceptors (Lipinski definition) is 6. The molecular formula is C23H17NO6. The molecule has 0 atom stereocenters. The summed E-state index contributed by atoms with van der Waals surface area (Å²) in [6.45, 7) is 2.02. The molecule has 3 aromatic carbocycles. The summed E-state index contributed by atoms with van der Waals surface area (Å²) >= 11 is 0. The predicted octanol–water partition coefficient (Wildman–Crippen LogP) is 4.96. The largest absolute Gasteiger partial charge is 0.502 e. The van der Waals surface area contributed by atoms with E-state index < -0.39 is 16.1 Å². The Bertz CT molecular complexity index is 1290. The van der Waals surface area contributed by atoms with Crippen molar-refractivity contribution in [3.63, 3.8) is 0 Å². The van der Waals surface area contributed by atoms with E-state index in [1.807, 2.05) is 30.3 Å². The number of benzene rings is 3. The van der Waals surface area contributed by atoms with E-state index in [1.54, 1.807) is 31.2 Å². The summed E-state index contributed by atoms with van der Waals surface area (Å²) in [6.07, 6.45) is 0.